The molecule has 7 nitrogen and oxygen atoms in total. The monoisotopic (exact) mass is 389 g/mol. The Bertz CT molecular complexity index is 897. The van der Waals surface area contributed by atoms with Crippen molar-refractivity contribution in [3.63, 3.8) is 0 Å². The Morgan fingerprint density at radius 3 is 2.63 bits per heavy atom. The summed E-state index contributed by atoms with van der Waals surface area (Å²) in [6, 6.07) is 13.6. The molecule has 0 aromatic heterocycles. The Morgan fingerprint density at radius 2 is 1.89 bits per heavy atom. The lowest BCUT2D eigenvalue weighted by molar-refractivity contribution is 0.0944. The number of amides is 1. The third-order valence-electron chi connectivity index (χ3n) is 4.21. The van der Waals surface area contributed by atoms with E-state index in [0.29, 0.717) is 31.0 Å². The Balaban J connectivity index is 1.65. The Hall–Kier alpha value is -2.42. The molecule has 144 valence electrons. The highest BCUT2D eigenvalue weighted by atomic mass is 32.2. The molecule has 0 spiro atoms. The second-order valence-corrected chi connectivity index (χ2v) is 7.81. The van der Waals surface area contributed by atoms with Gasteiger partial charge in [-0.3, -0.25) is 4.79 Å². The van der Waals surface area contributed by atoms with Gasteiger partial charge < -0.3 is 15.4 Å². The molecule has 0 unspecified atom stereocenters. The minimum atomic E-state index is -3.59. The molecule has 0 aliphatic carbocycles. The summed E-state index contributed by atoms with van der Waals surface area (Å²) in [7, 11) is -3.59. The maximum Gasteiger partial charge on any atom is 0.251 e. The predicted molar refractivity (Wildman–Crippen MR) is 103 cm³/mol. The van der Waals surface area contributed by atoms with Crippen LogP contribution >= 0.6 is 0 Å². The van der Waals surface area contributed by atoms with Crippen LogP contribution in [0.3, 0.4) is 0 Å². The largest absolute Gasteiger partial charge is 0.382 e. The zero-order valence-corrected chi connectivity index (χ0v) is 15.9. The molecule has 0 bridgehead atoms. The third kappa shape index (κ3) is 4.65. The number of hydrogen-bond donors (Lipinski definition) is 3. The highest BCUT2D eigenvalue weighted by Crippen LogP contribution is 2.30. The molecule has 27 heavy (non-hydrogen) atoms. The van der Waals surface area contributed by atoms with Gasteiger partial charge in [-0.15, -0.1) is 0 Å². The standard InChI is InChI=1S/C19H23N3O4S/c1-2-26-13-5-12-20-19(23)15-10-8-14(9-11-15)18-21-16-6-3-4-7-17(16)27(24,25)22-18/h3-4,6-11,18,21-22H,2,5,12-13H2,1H3,(H,20,23)/t18-/m1/s1. The number of ether oxygens (including phenoxy) is 1. The topological polar surface area (TPSA) is 96.5 Å². The van der Waals surface area contributed by atoms with Crippen molar-refractivity contribution in [1.29, 1.82) is 0 Å². The van der Waals surface area contributed by atoms with Gasteiger partial charge in [0.2, 0.25) is 10.0 Å². The van der Waals surface area contributed by atoms with Crippen LogP contribution in [-0.4, -0.2) is 34.1 Å². The molecule has 0 saturated carbocycles. The van der Waals surface area contributed by atoms with Gasteiger partial charge in [-0.1, -0.05) is 24.3 Å². The van der Waals surface area contributed by atoms with E-state index < -0.39 is 16.2 Å². The molecule has 0 saturated heterocycles. The quantitative estimate of drug-likeness (QED) is 0.631. The molecule has 2 aromatic carbocycles. The lowest BCUT2D eigenvalue weighted by atomic mass is 10.1. The fourth-order valence-electron chi connectivity index (χ4n) is 2.82. The fourth-order valence-corrected chi connectivity index (χ4v) is 4.13. The molecule has 3 rings (SSSR count). The zero-order valence-electron chi connectivity index (χ0n) is 15.1. The minimum absolute atomic E-state index is 0.166. The number of benzene rings is 2. The van der Waals surface area contributed by atoms with E-state index in [2.05, 4.69) is 15.4 Å². The second-order valence-electron chi connectivity index (χ2n) is 6.12. The van der Waals surface area contributed by atoms with E-state index in [1.54, 1.807) is 48.5 Å². The minimum Gasteiger partial charge on any atom is -0.382 e. The van der Waals surface area contributed by atoms with Gasteiger partial charge in [0.05, 0.1) is 5.69 Å². The van der Waals surface area contributed by atoms with Crippen LogP contribution in [0.25, 0.3) is 0 Å². The zero-order chi connectivity index (χ0) is 19.3. The van der Waals surface area contributed by atoms with E-state index >= 15 is 0 Å². The van der Waals surface area contributed by atoms with E-state index in [9.17, 15) is 13.2 Å². The van der Waals surface area contributed by atoms with Crippen LogP contribution in [0.15, 0.2) is 53.4 Å². The van der Waals surface area contributed by atoms with Crippen LogP contribution in [0.1, 0.15) is 35.4 Å². The van der Waals surface area contributed by atoms with Crippen LogP contribution in [0.4, 0.5) is 5.69 Å². The van der Waals surface area contributed by atoms with Crippen LogP contribution in [0.5, 0.6) is 0 Å². The SMILES string of the molecule is CCOCCCNC(=O)c1ccc([C@@H]2Nc3ccccc3S(=O)(=O)N2)cc1. The van der Waals surface area contributed by atoms with Crippen molar-refractivity contribution in [3.05, 3.63) is 59.7 Å². The molecule has 0 radical (unpaired) electrons. The average molecular weight is 389 g/mol. The van der Waals surface area contributed by atoms with Gasteiger partial charge in [-0.05, 0) is 43.2 Å². The highest BCUT2D eigenvalue weighted by Gasteiger charge is 2.29. The number of hydrogen-bond acceptors (Lipinski definition) is 5. The summed E-state index contributed by atoms with van der Waals surface area (Å²) in [4.78, 5) is 12.4. The molecule has 1 atom stereocenters. The lowest BCUT2D eigenvalue weighted by Gasteiger charge is -2.28. The van der Waals surface area contributed by atoms with Gasteiger partial charge in [-0.2, -0.15) is 4.72 Å². The van der Waals surface area contributed by atoms with E-state index in [0.717, 1.165) is 12.0 Å². The van der Waals surface area contributed by atoms with Crippen molar-refractivity contribution in [2.75, 3.05) is 25.1 Å². The first kappa shape index (κ1) is 19.3. The van der Waals surface area contributed by atoms with Crippen molar-refractivity contribution >= 4 is 21.6 Å². The number of anilines is 1. The second kappa shape index (κ2) is 8.51. The lowest BCUT2D eigenvalue weighted by Crippen LogP contribution is -2.38. The van der Waals surface area contributed by atoms with Crippen molar-refractivity contribution in [3.8, 4) is 0 Å². The summed E-state index contributed by atoms with van der Waals surface area (Å²) < 4.78 is 32.6. The first-order chi connectivity index (χ1) is 13.0. The van der Waals surface area contributed by atoms with Gasteiger partial charge in [-0.25, -0.2) is 8.42 Å². The number of carbonyl (C=O) groups excluding carboxylic acids is 1. The molecule has 3 N–H and O–H groups in total. The number of rotatable bonds is 7. The molecule has 1 heterocycles. The van der Waals surface area contributed by atoms with E-state index in [1.807, 2.05) is 6.92 Å². The molecule has 2 aromatic rings. The van der Waals surface area contributed by atoms with Crippen molar-refractivity contribution in [2.24, 2.45) is 0 Å². The summed E-state index contributed by atoms with van der Waals surface area (Å²) in [5.74, 6) is -0.166. The number of para-hydroxylation sites is 1. The number of fused-ring (bicyclic) bond motifs is 1. The summed E-state index contributed by atoms with van der Waals surface area (Å²) in [6.07, 6.45) is 0.165. The Kier molecular flexibility index (Phi) is 6.10. The van der Waals surface area contributed by atoms with Crippen LogP contribution < -0.4 is 15.4 Å². The van der Waals surface area contributed by atoms with E-state index in [-0.39, 0.29) is 10.8 Å². The van der Waals surface area contributed by atoms with Gasteiger partial charge in [0.25, 0.3) is 5.91 Å². The number of carbonyl (C=O) groups is 1. The summed E-state index contributed by atoms with van der Waals surface area (Å²) >= 11 is 0. The molecule has 1 amide bonds. The van der Waals surface area contributed by atoms with Gasteiger partial charge in [0.15, 0.2) is 0 Å². The highest BCUT2D eigenvalue weighted by molar-refractivity contribution is 7.89. The van der Waals surface area contributed by atoms with E-state index in [1.165, 1.54) is 0 Å². The van der Waals surface area contributed by atoms with Crippen molar-refractivity contribution < 1.29 is 17.9 Å². The normalized spacial score (nSPS) is 17.6. The third-order valence-corrected chi connectivity index (χ3v) is 5.69. The van der Waals surface area contributed by atoms with Crippen molar-refractivity contribution in [1.82, 2.24) is 10.0 Å². The Labute approximate surface area is 159 Å². The first-order valence-corrected chi connectivity index (χ1v) is 10.3. The van der Waals surface area contributed by atoms with Gasteiger partial charge in [0, 0.05) is 25.3 Å². The number of sulfonamides is 1. The predicted octanol–water partition coefficient (Wildman–Crippen LogP) is 2.25. The van der Waals surface area contributed by atoms with Crippen LogP contribution in [0.2, 0.25) is 0 Å². The molecular weight excluding hydrogens is 366 g/mol. The van der Waals surface area contributed by atoms with Gasteiger partial charge >= 0.3 is 0 Å². The molecular formula is C19H23N3O4S. The van der Waals surface area contributed by atoms with Crippen molar-refractivity contribution in [2.45, 2.75) is 24.4 Å². The van der Waals surface area contributed by atoms with Gasteiger partial charge in [0.1, 0.15) is 11.1 Å². The maximum atomic E-state index is 12.4. The molecule has 1 aliphatic rings. The summed E-state index contributed by atoms with van der Waals surface area (Å²) in [6.45, 7) is 3.75. The maximum absolute atomic E-state index is 12.4. The average Bonchev–Trinajstić information content (AvgIpc) is 2.67. The summed E-state index contributed by atoms with van der Waals surface area (Å²) in [5.41, 5.74) is 1.80. The number of nitrogens with one attached hydrogen (secondary N) is 3. The van der Waals surface area contributed by atoms with E-state index in [4.69, 9.17) is 4.74 Å². The summed E-state index contributed by atoms with van der Waals surface area (Å²) in [5, 5.41) is 6.00. The Morgan fingerprint density at radius 1 is 1.15 bits per heavy atom. The smallest absolute Gasteiger partial charge is 0.251 e. The molecule has 0 fully saturated rings. The molecule has 1 aliphatic heterocycles. The fraction of sp³-hybridized carbons (Fsp3) is 0.316. The first-order valence-electron chi connectivity index (χ1n) is 8.85. The van der Waals surface area contributed by atoms with Crippen LogP contribution in [-0.2, 0) is 14.8 Å². The van der Waals surface area contributed by atoms with Crippen LogP contribution in [0, 0.1) is 0 Å². The molecule has 8 heteroatoms.